The monoisotopic (exact) mass is 275 g/mol. The average Bonchev–Trinajstić information content (AvgIpc) is 2.53. The lowest BCUT2D eigenvalue weighted by molar-refractivity contribution is 0.190. The number of benzene rings is 1. The van der Waals surface area contributed by atoms with Gasteiger partial charge in [-0.3, -0.25) is 4.90 Å². The summed E-state index contributed by atoms with van der Waals surface area (Å²) in [5.74, 6) is 0. The van der Waals surface area contributed by atoms with Crippen LogP contribution in [-0.4, -0.2) is 49.7 Å². The highest BCUT2D eigenvalue weighted by molar-refractivity contribution is 5.46. The Hall–Kier alpha value is -1.06. The SMILES string of the molecule is CCC(C)NCC(C)N1CCN(c2ccccc2)CC1. The highest BCUT2D eigenvalue weighted by Crippen LogP contribution is 2.16. The first kappa shape index (κ1) is 15.3. The molecule has 2 rings (SSSR count). The van der Waals surface area contributed by atoms with Crippen molar-refractivity contribution in [1.82, 2.24) is 10.2 Å². The maximum atomic E-state index is 3.62. The number of nitrogens with one attached hydrogen (secondary N) is 1. The van der Waals surface area contributed by atoms with Crippen LogP contribution in [0.1, 0.15) is 27.2 Å². The summed E-state index contributed by atoms with van der Waals surface area (Å²) in [6.45, 7) is 12.5. The van der Waals surface area contributed by atoms with Gasteiger partial charge in [0.1, 0.15) is 0 Å². The maximum absolute atomic E-state index is 3.62. The molecule has 112 valence electrons. The molecule has 0 aliphatic carbocycles. The molecule has 1 aromatic carbocycles. The van der Waals surface area contributed by atoms with Gasteiger partial charge >= 0.3 is 0 Å². The van der Waals surface area contributed by atoms with Crippen molar-refractivity contribution in [2.75, 3.05) is 37.6 Å². The predicted molar refractivity (Wildman–Crippen MR) is 87.4 cm³/mol. The lowest BCUT2D eigenvalue weighted by Crippen LogP contribution is -2.52. The summed E-state index contributed by atoms with van der Waals surface area (Å²) >= 11 is 0. The second-order valence-electron chi connectivity index (χ2n) is 5.93. The van der Waals surface area contributed by atoms with Crippen LogP contribution in [0.25, 0.3) is 0 Å². The van der Waals surface area contributed by atoms with Gasteiger partial charge in [-0.05, 0) is 32.4 Å². The highest BCUT2D eigenvalue weighted by atomic mass is 15.3. The van der Waals surface area contributed by atoms with Crippen molar-refractivity contribution in [3.8, 4) is 0 Å². The lowest BCUT2D eigenvalue weighted by atomic mass is 10.2. The average molecular weight is 275 g/mol. The fraction of sp³-hybridized carbons (Fsp3) is 0.647. The van der Waals surface area contributed by atoms with E-state index in [1.54, 1.807) is 0 Å². The van der Waals surface area contributed by atoms with Crippen molar-refractivity contribution in [2.45, 2.75) is 39.3 Å². The molecule has 0 saturated carbocycles. The summed E-state index contributed by atoms with van der Waals surface area (Å²) in [6.07, 6.45) is 1.20. The minimum Gasteiger partial charge on any atom is -0.369 e. The van der Waals surface area contributed by atoms with Gasteiger partial charge in [-0.15, -0.1) is 0 Å². The summed E-state index contributed by atoms with van der Waals surface area (Å²) in [5, 5.41) is 3.62. The van der Waals surface area contributed by atoms with E-state index >= 15 is 0 Å². The number of hydrogen-bond acceptors (Lipinski definition) is 3. The van der Waals surface area contributed by atoms with Crippen molar-refractivity contribution in [2.24, 2.45) is 0 Å². The second-order valence-corrected chi connectivity index (χ2v) is 5.93. The minimum atomic E-state index is 0.627. The number of piperazine rings is 1. The van der Waals surface area contributed by atoms with E-state index in [1.165, 1.54) is 12.1 Å². The summed E-state index contributed by atoms with van der Waals surface area (Å²) < 4.78 is 0. The van der Waals surface area contributed by atoms with Crippen LogP contribution >= 0.6 is 0 Å². The van der Waals surface area contributed by atoms with E-state index in [0.29, 0.717) is 12.1 Å². The van der Waals surface area contributed by atoms with Crippen molar-refractivity contribution < 1.29 is 0 Å². The number of anilines is 1. The van der Waals surface area contributed by atoms with Crippen LogP contribution in [0, 0.1) is 0 Å². The first-order chi connectivity index (χ1) is 9.70. The lowest BCUT2D eigenvalue weighted by Gasteiger charge is -2.39. The Labute approximate surface area is 124 Å². The van der Waals surface area contributed by atoms with E-state index in [0.717, 1.165) is 32.7 Å². The van der Waals surface area contributed by atoms with Gasteiger partial charge < -0.3 is 10.2 Å². The zero-order chi connectivity index (χ0) is 14.4. The molecule has 1 N–H and O–H groups in total. The zero-order valence-electron chi connectivity index (χ0n) is 13.2. The van der Waals surface area contributed by atoms with Crippen LogP contribution in [0.15, 0.2) is 30.3 Å². The molecule has 3 nitrogen and oxygen atoms in total. The highest BCUT2D eigenvalue weighted by Gasteiger charge is 2.21. The molecule has 0 spiro atoms. The minimum absolute atomic E-state index is 0.627. The van der Waals surface area contributed by atoms with Crippen molar-refractivity contribution in [3.63, 3.8) is 0 Å². The standard InChI is InChI=1S/C17H29N3/c1-4-15(2)18-14-16(3)19-10-12-20(13-11-19)17-8-6-5-7-9-17/h5-9,15-16,18H,4,10-14H2,1-3H3. The summed E-state index contributed by atoms with van der Waals surface area (Å²) in [6, 6.07) is 12.0. The molecule has 0 aromatic heterocycles. The largest absolute Gasteiger partial charge is 0.369 e. The third-order valence-corrected chi connectivity index (χ3v) is 4.43. The molecule has 3 heteroatoms. The van der Waals surface area contributed by atoms with Crippen LogP contribution < -0.4 is 10.2 Å². The molecule has 1 aliphatic heterocycles. The van der Waals surface area contributed by atoms with Crippen molar-refractivity contribution in [1.29, 1.82) is 0 Å². The molecule has 20 heavy (non-hydrogen) atoms. The molecule has 0 bridgehead atoms. The molecule has 1 heterocycles. The normalized spacial score (nSPS) is 19.9. The smallest absolute Gasteiger partial charge is 0.0367 e. The predicted octanol–water partition coefficient (Wildman–Crippen LogP) is 2.59. The van der Waals surface area contributed by atoms with E-state index in [9.17, 15) is 0 Å². The number of para-hydroxylation sites is 1. The fourth-order valence-electron chi connectivity index (χ4n) is 2.70. The molecule has 2 atom stereocenters. The van der Waals surface area contributed by atoms with Crippen LogP contribution in [-0.2, 0) is 0 Å². The van der Waals surface area contributed by atoms with Crippen molar-refractivity contribution >= 4 is 5.69 Å². The van der Waals surface area contributed by atoms with E-state index in [2.05, 4.69) is 66.2 Å². The van der Waals surface area contributed by atoms with Gasteiger partial charge in [-0.25, -0.2) is 0 Å². The summed E-state index contributed by atoms with van der Waals surface area (Å²) in [5.41, 5.74) is 1.36. The van der Waals surface area contributed by atoms with Gasteiger partial charge in [-0.2, -0.15) is 0 Å². The Morgan fingerprint density at radius 3 is 2.30 bits per heavy atom. The molecular weight excluding hydrogens is 246 g/mol. The van der Waals surface area contributed by atoms with Crippen LogP contribution in [0.5, 0.6) is 0 Å². The van der Waals surface area contributed by atoms with E-state index in [-0.39, 0.29) is 0 Å². The Balaban J connectivity index is 1.76. The van der Waals surface area contributed by atoms with Gasteiger partial charge in [0, 0.05) is 50.5 Å². The fourth-order valence-corrected chi connectivity index (χ4v) is 2.70. The molecule has 2 unspecified atom stereocenters. The zero-order valence-corrected chi connectivity index (χ0v) is 13.2. The number of hydrogen-bond donors (Lipinski definition) is 1. The van der Waals surface area contributed by atoms with Crippen LogP contribution in [0.2, 0.25) is 0 Å². The maximum Gasteiger partial charge on any atom is 0.0367 e. The molecule has 1 saturated heterocycles. The summed E-state index contributed by atoms with van der Waals surface area (Å²) in [4.78, 5) is 5.10. The first-order valence-corrected chi connectivity index (χ1v) is 7.98. The van der Waals surface area contributed by atoms with E-state index < -0.39 is 0 Å². The van der Waals surface area contributed by atoms with E-state index in [1.807, 2.05) is 0 Å². The van der Waals surface area contributed by atoms with Crippen LogP contribution in [0.3, 0.4) is 0 Å². The third-order valence-electron chi connectivity index (χ3n) is 4.43. The summed E-state index contributed by atoms with van der Waals surface area (Å²) in [7, 11) is 0. The molecule has 0 amide bonds. The Bertz CT molecular complexity index is 371. The quantitative estimate of drug-likeness (QED) is 0.861. The molecule has 1 aliphatic rings. The second kappa shape index (κ2) is 7.65. The van der Waals surface area contributed by atoms with Gasteiger partial charge in [-0.1, -0.05) is 25.1 Å². The Morgan fingerprint density at radius 1 is 1.05 bits per heavy atom. The number of rotatable bonds is 6. The Morgan fingerprint density at radius 2 is 1.70 bits per heavy atom. The van der Waals surface area contributed by atoms with Crippen molar-refractivity contribution in [3.05, 3.63) is 30.3 Å². The van der Waals surface area contributed by atoms with Crippen LogP contribution in [0.4, 0.5) is 5.69 Å². The third kappa shape index (κ3) is 4.22. The Kier molecular flexibility index (Phi) is 5.86. The molecule has 0 radical (unpaired) electrons. The first-order valence-electron chi connectivity index (χ1n) is 7.98. The van der Waals surface area contributed by atoms with E-state index in [4.69, 9.17) is 0 Å². The topological polar surface area (TPSA) is 18.5 Å². The van der Waals surface area contributed by atoms with Gasteiger partial charge in [0.25, 0.3) is 0 Å². The molecule has 1 aromatic rings. The van der Waals surface area contributed by atoms with Gasteiger partial charge in [0.2, 0.25) is 0 Å². The molecular formula is C17H29N3. The number of nitrogens with zero attached hydrogens (tertiary/aromatic N) is 2. The van der Waals surface area contributed by atoms with Gasteiger partial charge in [0.15, 0.2) is 0 Å². The van der Waals surface area contributed by atoms with Gasteiger partial charge in [0.05, 0.1) is 0 Å². The molecule has 1 fully saturated rings.